The molecule has 0 heterocycles. The maximum Gasteiger partial charge on any atom is 0.421 e. The number of halogens is 4. The monoisotopic (exact) mass is 447 g/mol. The van der Waals surface area contributed by atoms with Gasteiger partial charge in [-0.25, -0.2) is 8.42 Å². The van der Waals surface area contributed by atoms with E-state index in [1.165, 1.54) is 28.6 Å². The van der Waals surface area contributed by atoms with E-state index in [0.29, 0.717) is 19.8 Å². The molecule has 4 nitrogen and oxygen atoms in total. The summed E-state index contributed by atoms with van der Waals surface area (Å²) in [5.74, 6) is 0. The quantitative estimate of drug-likeness (QED) is 0.681. The third-order valence-electron chi connectivity index (χ3n) is 5.27. The minimum atomic E-state index is -4.86. The van der Waals surface area contributed by atoms with Gasteiger partial charge in [-0.15, -0.1) is 0 Å². The first-order valence-corrected chi connectivity index (χ1v) is 11.0. The number of hydrogen-bond donors (Lipinski definition) is 1. The lowest BCUT2D eigenvalue weighted by Crippen LogP contribution is -2.40. The molecule has 0 aromatic heterocycles. The van der Waals surface area contributed by atoms with Crippen LogP contribution in [0.15, 0.2) is 53.4 Å². The van der Waals surface area contributed by atoms with Gasteiger partial charge >= 0.3 is 6.18 Å². The maximum absolute atomic E-state index is 13.4. The normalized spacial score (nSPS) is 17.9. The second-order valence-corrected chi connectivity index (χ2v) is 9.48. The van der Waals surface area contributed by atoms with Crippen LogP contribution in [0.2, 0.25) is 5.02 Å². The molecule has 3 rings (SSSR count). The van der Waals surface area contributed by atoms with Crippen molar-refractivity contribution in [2.45, 2.75) is 55.3 Å². The summed E-state index contributed by atoms with van der Waals surface area (Å²) in [6.07, 6.45) is -1.85. The second kappa shape index (κ2) is 7.81. The predicted octanol–water partition coefficient (Wildman–Crippen LogP) is 5.25. The third kappa shape index (κ3) is 4.11. The summed E-state index contributed by atoms with van der Waals surface area (Å²) in [4.78, 5) is -0.0556. The summed E-state index contributed by atoms with van der Waals surface area (Å²) in [7, 11) is -4.03. The van der Waals surface area contributed by atoms with E-state index in [1.807, 2.05) is 0 Å². The molecular formula is C20H21ClF3NO3S. The molecule has 2 aromatic rings. The predicted molar refractivity (Wildman–Crippen MR) is 105 cm³/mol. The van der Waals surface area contributed by atoms with Crippen LogP contribution in [0.25, 0.3) is 0 Å². The number of aliphatic hydroxyl groups is 1. The summed E-state index contributed by atoms with van der Waals surface area (Å²) in [6, 6.07) is 10.5. The molecule has 1 fully saturated rings. The van der Waals surface area contributed by atoms with Crippen molar-refractivity contribution >= 4 is 27.3 Å². The Bertz CT molecular complexity index is 969. The van der Waals surface area contributed by atoms with Gasteiger partial charge in [-0.05, 0) is 49.6 Å². The SMILES string of the molecule is CC(O)(c1ccc(N(C2CCCC2)S(=O)(=O)c2ccccc2Cl)cc1)C(F)(F)F. The molecule has 2 aromatic carbocycles. The van der Waals surface area contributed by atoms with Crippen molar-refractivity contribution in [2.24, 2.45) is 0 Å². The van der Waals surface area contributed by atoms with Gasteiger partial charge in [0.15, 0.2) is 5.60 Å². The second-order valence-electron chi connectivity index (χ2n) is 7.29. The third-order valence-corrected chi connectivity index (χ3v) is 7.65. The molecule has 0 spiro atoms. The molecule has 0 bridgehead atoms. The van der Waals surface area contributed by atoms with Crippen LogP contribution in [0.5, 0.6) is 0 Å². The Hall–Kier alpha value is -1.77. The van der Waals surface area contributed by atoms with Crippen LogP contribution >= 0.6 is 11.6 Å². The zero-order chi connectivity index (χ0) is 21.4. The molecule has 1 N–H and O–H groups in total. The Balaban J connectivity index is 2.06. The average molecular weight is 448 g/mol. The van der Waals surface area contributed by atoms with E-state index in [1.54, 1.807) is 12.1 Å². The van der Waals surface area contributed by atoms with Crippen LogP contribution in [-0.2, 0) is 15.6 Å². The molecule has 1 aliphatic rings. The van der Waals surface area contributed by atoms with Gasteiger partial charge in [0.1, 0.15) is 4.90 Å². The number of hydrogen-bond acceptors (Lipinski definition) is 3. The van der Waals surface area contributed by atoms with Gasteiger partial charge in [0.05, 0.1) is 10.7 Å². The average Bonchev–Trinajstić information content (AvgIpc) is 3.15. The Morgan fingerprint density at radius 3 is 2.10 bits per heavy atom. The summed E-state index contributed by atoms with van der Waals surface area (Å²) in [6.45, 7) is 0.664. The lowest BCUT2D eigenvalue weighted by Gasteiger charge is -2.32. The number of sulfonamides is 1. The lowest BCUT2D eigenvalue weighted by atomic mass is 9.95. The van der Waals surface area contributed by atoms with E-state index >= 15 is 0 Å². The number of rotatable bonds is 5. The first kappa shape index (κ1) is 21.9. The lowest BCUT2D eigenvalue weighted by molar-refractivity contribution is -0.258. The van der Waals surface area contributed by atoms with E-state index in [2.05, 4.69) is 0 Å². The number of benzene rings is 2. The molecule has 158 valence electrons. The zero-order valence-corrected chi connectivity index (χ0v) is 17.2. The Morgan fingerprint density at radius 1 is 1.03 bits per heavy atom. The molecule has 0 amide bonds. The summed E-state index contributed by atoms with van der Waals surface area (Å²) in [5.41, 5.74) is -3.17. The molecule has 29 heavy (non-hydrogen) atoms. The van der Waals surface area contributed by atoms with Crippen molar-refractivity contribution in [3.05, 3.63) is 59.1 Å². The molecule has 9 heteroatoms. The molecule has 0 aliphatic heterocycles. The molecular weight excluding hydrogens is 427 g/mol. The topological polar surface area (TPSA) is 57.6 Å². The van der Waals surface area contributed by atoms with Gasteiger partial charge in [-0.3, -0.25) is 4.31 Å². The number of alkyl halides is 3. The fourth-order valence-electron chi connectivity index (χ4n) is 3.54. The fraction of sp³-hybridized carbons (Fsp3) is 0.400. The molecule has 0 radical (unpaired) electrons. The highest BCUT2D eigenvalue weighted by Crippen LogP contribution is 2.40. The molecule has 1 aliphatic carbocycles. The molecule has 0 saturated heterocycles. The van der Waals surface area contributed by atoms with Gasteiger partial charge in [-0.1, -0.05) is 48.7 Å². The van der Waals surface area contributed by atoms with Crippen LogP contribution in [0.3, 0.4) is 0 Å². The van der Waals surface area contributed by atoms with E-state index in [0.717, 1.165) is 25.0 Å². The number of nitrogens with zero attached hydrogens (tertiary/aromatic N) is 1. The molecule has 1 atom stereocenters. The summed E-state index contributed by atoms with van der Waals surface area (Å²) >= 11 is 6.12. The van der Waals surface area contributed by atoms with Crippen molar-refractivity contribution in [1.29, 1.82) is 0 Å². The van der Waals surface area contributed by atoms with Gasteiger partial charge < -0.3 is 5.11 Å². The van der Waals surface area contributed by atoms with E-state index in [-0.39, 0.29) is 27.2 Å². The first-order valence-electron chi connectivity index (χ1n) is 9.15. The Labute approximate surface area is 173 Å². The van der Waals surface area contributed by atoms with E-state index < -0.39 is 21.8 Å². The standard InChI is InChI=1S/C20H21ClF3NO3S/c1-19(26,20(22,23)24)14-10-12-16(13-11-14)25(15-6-2-3-7-15)29(27,28)18-9-5-4-8-17(18)21/h4-5,8-13,15,26H,2-3,6-7H2,1H3. The van der Waals surface area contributed by atoms with Crippen LogP contribution < -0.4 is 4.31 Å². The minimum Gasteiger partial charge on any atom is -0.376 e. The largest absolute Gasteiger partial charge is 0.421 e. The van der Waals surface area contributed by atoms with Crippen LogP contribution in [0.4, 0.5) is 18.9 Å². The van der Waals surface area contributed by atoms with Gasteiger partial charge in [-0.2, -0.15) is 13.2 Å². The van der Waals surface area contributed by atoms with Crippen molar-refractivity contribution in [3.8, 4) is 0 Å². The van der Waals surface area contributed by atoms with Crippen molar-refractivity contribution in [3.63, 3.8) is 0 Å². The zero-order valence-electron chi connectivity index (χ0n) is 15.7. The Morgan fingerprint density at radius 2 is 1.59 bits per heavy atom. The highest BCUT2D eigenvalue weighted by molar-refractivity contribution is 7.93. The highest BCUT2D eigenvalue weighted by atomic mass is 35.5. The molecule has 1 saturated carbocycles. The first-order chi connectivity index (χ1) is 13.5. The van der Waals surface area contributed by atoms with Crippen molar-refractivity contribution in [2.75, 3.05) is 4.31 Å². The van der Waals surface area contributed by atoms with Gasteiger partial charge in [0, 0.05) is 6.04 Å². The minimum absolute atomic E-state index is 0.0556. The fourth-order valence-corrected chi connectivity index (χ4v) is 5.75. The van der Waals surface area contributed by atoms with Gasteiger partial charge in [0.2, 0.25) is 0 Å². The molecule has 1 unspecified atom stereocenters. The van der Waals surface area contributed by atoms with Crippen LogP contribution in [-0.4, -0.2) is 25.7 Å². The summed E-state index contributed by atoms with van der Waals surface area (Å²) in [5, 5.41) is 9.94. The van der Waals surface area contributed by atoms with Crippen LogP contribution in [0, 0.1) is 0 Å². The number of anilines is 1. The van der Waals surface area contributed by atoms with Crippen LogP contribution in [0.1, 0.15) is 38.2 Å². The highest BCUT2D eigenvalue weighted by Gasteiger charge is 2.51. The van der Waals surface area contributed by atoms with Crippen molar-refractivity contribution in [1.82, 2.24) is 0 Å². The van der Waals surface area contributed by atoms with E-state index in [4.69, 9.17) is 11.6 Å². The van der Waals surface area contributed by atoms with Gasteiger partial charge in [0.25, 0.3) is 10.0 Å². The summed E-state index contributed by atoms with van der Waals surface area (Å²) < 4.78 is 67.4. The smallest absolute Gasteiger partial charge is 0.376 e. The van der Waals surface area contributed by atoms with E-state index in [9.17, 15) is 26.7 Å². The maximum atomic E-state index is 13.4. The van der Waals surface area contributed by atoms with Crippen molar-refractivity contribution < 1.29 is 26.7 Å². The Kier molecular flexibility index (Phi) is 5.91.